The van der Waals surface area contributed by atoms with Crippen molar-refractivity contribution in [3.63, 3.8) is 0 Å². The summed E-state index contributed by atoms with van der Waals surface area (Å²) in [5.74, 6) is -0.332. The minimum absolute atomic E-state index is 0.0770. The lowest BCUT2D eigenvalue weighted by Crippen LogP contribution is -2.21. The summed E-state index contributed by atoms with van der Waals surface area (Å²) in [5.41, 5.74) is 1.82. The van der Waals surface area contributed by atoms with Gasteiger partial charge in [0.25, 0.3) is 0 Å². The molecular weight excluding hydrogens is 241 g/mol. The van der Waals surface area contributed by atoms with Gasteiger partial charge >= 0.3 is 0 Å². The Morgan fingerprint density at radius 1 is 1.41 bits per heavy atom. The molecule has 1 aromatic heterocycles. The number of nitrogens with one attached hydrogen (secondary N) is 1. The second kappa shape index (κ2) is 5.34. The average Bonchev–Trinajstić information content (AvgIpc) is 2.80. The van der Waals surface area contributed by atoms with E-state index < -0.39 is 0 Å². The number of halogens is 2. The Bertz CT molecular complexity index is 484. The minimum atomic E-state index is -0.332. The number of furan rings is 1. The van der Waals surface area contributed by atoms with Crippen LogP contribution in [0.2, 0.25) is 5.02 Å². The normalized spacial score (nSPS) is 12.6. The first-order valence-electron chi connectivity index (χ1n) is 5.42. The Kier molecular flexibility index (Phi) is 3.82. The van der Waals surface area contributed by atoms with Crippen molar-refractivity contribution < 1.29 is 8.81 Å². The molecule has 0 saturated heterocycles. The predicted octanol–water partition coefficient (Wildman–Crippen LogP) is 3.77. The van der Waals surface area contributed by atoms with Crippen LogP contribution in [0.15, 0.2) is 41.2 Å². The molecule has 2 aromatic rings. The lowest BCUT2D eigenvalue weighted by Gasteiger charge is -2.18. The van der Waals surface area contributed by atoms with Crippen molar-refractivity contribution in [2.45, 2.75) is 13.0 Å². The maximum atomic E-state index is 13.0. The van der Waals surface area contributed by atoms with Gasteiger partial charge in [0.15, 0.2) is 0 Å². The van der Waals surface area contributed by atoms with Crippen molar-refractivity contribution in [1.29, 1.82) is 0 Å². The van der Waals surface area contributed by atoms with Crippen LogP contribution in [0.1, 0.15) is 24.1 Å². The molecule has 0 aliphatic heterocycles. The Morgan fingerprint density at radius 3 is 2.82 bits per heavy atom. The first kappa shape index (κ1) is 12.1. The van der Waals surface area contributed by atoms with E-state index in [1.165, 1.54) is 12.1 Å². The van der Waals surface area contributed by atoms with Gasteiger partial charge in [0, 0.05) is 10.6 Å². The molecule has 1 unspecified atom stereocenters. The molecule has 0 spiro atoms. The van der Waals surface area contributed by atoms with Gasteiger partial charge in [-0.15, -0.1) is 0 Å². The standard InChI is InChI=1S/C13H13ClFNO/c1-2-16-13(9-5-6-17-8-9)11-4-3-10(15)7-12(11)14/h3-8,13,16H,2H2,1H3. The zero-order valence-electron chi connectivity index (χ0n) is 9.41. The third kappa shape index (κ3) is 2.68. The molecule has 1 atom stereocenters. The van der Waals surface area contributed by atoms with Crippen molar-refractivity contribution >= 4 is 11.6 Å². The quantitative estimate of drug-likeness (QED) is 0.897. The van der Waals surface area contributed by atoms with E-state index in [4.69, 9.17) is 16.0 Å². The van der Waals surface area contributed by atoms with Crippen LogP contribution in [-0.2, 0) is 0 Å². The van der Waals surface area contributed by atoms with E-state index in [0.29, 0.717) is 5.02 Å². The van der Waals surface area contributed by atoms with E-state index in [-0.39, 0.29) is 11.9 Å². The summed E-state index contributed by atoms with van der Waals surface area (Å²) in [5, 5.41) is 3.71. The highest BCUT2D eigenvalue weighted by Gasteiger charge is 2.17. The first-order chi connectivity index (χ1) is 8.22. The highest BCUT2D eigenvalue weighted by Crippen LogP contribution is 2.29. The smallest absolute Gasteiger partial charge is 0.124 e. The molecule has 1 aromatic carbocycles. The SMILES string of the molecule is CCNC(c1ccoc1)c1ccc(F)cc1Cl. The van der Waals surface area contributed by atoms with Crippen LogP contribution in [0.25, 0.3) is 0 Å². The largest absolute Gasteiger partial charge is 0.472 e. The third-order valence-electron chi connectivity index (χ3n) is 2.56. The first-order valence-corrected chi connectivity index (χ1v) is 5.80. The predicted molar refractivity (Wildman–Crippen MR) is 65.6 cm³/mol. The van der Waals surface area contributed by atoms with Crippen LogP contribution in [0.3, 0.4) is 0 Å². The van der Waals surface area contributed by atoms with Gasteiger partial charge in [0.2, 0.25) is 0 Å². The lowest BCUT2D eigenvalue weighted by molar-refractivity contribution is 0.552. The molecule has 90 valence electrons. The number of hydrogen-bond donors (Lipinski definition) is 1. The number of hydrogen-bond acceptors (Lipinski definition) is 2. The Balaban J connectivity index is 2.39. The summed E-state index contributed by atoms with van der Waals surface area (Å²) in [6.45, 7) is 2.79. The van der Waals surface area contributed by atoms with Crippen LogP contribution in [-0.4, -0.2) is 6.54 Å². The second-order valence-corrected chi connectivity index (χ2v) is 4.12. The van der Waals surface area contributed by atoms with Gasteiger partial charge in [-0.2, -0.15) is 0 Å². The van der Waals surface area contributed by atoms with Crippen LogP contribution >= 0.6 is 11.6 Å². The summed E-state index contributed by atoms with van der Waals surface area (Å²) in [7, 11) is 0. The zero-order chi connectivity index (χ0) is 12.3. The minimum Gasteiger partial charge on any atom is -0.472 e. The van der Waals surface area contributed by atoms with E-state index in [2.05, 4.69) is 5.32 Å². The van der Waals surface area contributed by atoms with Crippen LogP contribution < -0.4 is 5.32 Å². The topological polar surface area (TPSA) is 25.2 Å². The van der Waals surface area contributed by atoms with E-state index >= 15 is 0 Å². The highest BCUT2D eigenvalue weighted by molar-refractivity contribution is 6.31. The van der Waals surface area contributed by atoms with Crippen LogP contribution in [0, 0.1) is 5.82 Å². The molecule has 17 heavy (non-hydrogen) atoms. The van der Waals surface area contributed by atoms with Gasteiger partial charge in [0.05, 0.1) is 18.6 Å². The zero-order valence-corrected chi connectivity index (χ0v) is 10.2. The van der Waals surface area contributed by atoms with Crippen molar-refractivity contribution in [3.05, 3.63) is 58.8 Å². The van der Waals surface area contributed by atoms with Crippen LogP contribution in [0.4, 0.5) is 4.39 Å². The molecule has 1 heterocycles. The summed E-state index contributed by atoms with van der Waals surface area (Å²) in [6, 6.07) is 6.21. The van der Waals surface area contributed by atoms with Gasteiger partial charge in [-0.25, -0.2) is 4.39 Å². The van der Waals surface area contributed by atoms with E-state index in [1.54, 1.807) is 18.6 Å². The summed E-state index contributed by atoms with van der Waals surface area (Å²) in [6.07, 6.45) is 3.27. The summed E-state index contributed by atoms with van der Waals surface area (Å²) in [4.78, 5) is 0. The van der Waals surface area contributed by atoms with Gasteiger partial charge < -0.3 is 9.73 Å². The molecule has 0 bridgehead atoms. The van der Waals surface area contributed by atoms with Crippen molar-refractivity contribution in [2.24, 2.45) is 0 Å². The van der Waals surface area contributed by atoms with Gasteiger partial charge in [0.1, 0.15) is 5.82 Å². The molecule has 0 saturated carbocycles. The Labute approximate surface area is 104 Å². The molecule has 4 heteroatoms. The number of benzene rings is 1. The van der Waals surface area contributed by atoms with E-state index in [9.17, 15) is 4.39 Å². The fourth-order valence-corrected chi connectivity index (χ4v) is 2.06. The van der Waals surface area contributed by atoms with Crippen molar-refractivity contribution in [2.75, 3.05) is 6.54 Å². The number of rotatable bonds is 4. The molecule has 0 aliphatic rings. The van der Waals surface area contributed by atoms with Crippen LogP contribution in [0.5, 0.6) is 0 Å². The Hall–Kier alpha value is -1.32. The van der Waals surface area contributed by atoms with E-state index in [0.717, 1.165) is 17.7 Å². The molecule has 2 nitrogen and oxygen atoms in total. The maximum absolute atomic E-state index is 13.0. The monoisotopic (exact) mass is 253 g/mol. The molecule has 0 aliphatic carbocycles. The third-order valence-corrected chi connectivity index (χ3v) is 2.89. The molecule has 0 fully saturated rings. The molecule has 0 amide bonds. The fraction of sp³-hybridized carbons (Fsp3) is 0.231. The van der Waals surface area contributed by atoms with Gasteiger partial charge in [-0.1, -0.05) is 24.6 Å². The summed E-state index contributed by atoms with van der Waals surface area (Å²) < 4.78 is 18.1. The Morgan fingerprint density at radius 2 is 2.24 bits per heavy atom. The summed E-state index contributed by atoms with van der Waals surface area (Å²) >= 11 is 6.07. The van der Waals surface area contributed by atoms with Crippen molar-refractivity contribution in [3.8, 4) is 0 Å². The van der Waals surface area contributed by atoms with E-state index in [1.807, 2.05) is 13.0 Å². The fourth-order valence-electron chi connectivity index (χ4n) is 1.79. The average molecular weight is 254 g/mol. The maximum Gasteiger partial charge on any atom is 0.124 e. The highest BCUT2D eigenvalue weighted by atomic mass is 35.5. The molecule has 0 radical (unpaired) electrons. The molecular formula is C13H13ClFNO. The van der Waals surface area contributed by atoms with Gasteiger partial charge in [-0.3, -0.25) is 0 Å². The van der Waals surface area contributed by atoms with Crippen molar-refractivity contribution in [1.82, 2.24) is 5.32 Å². The molecule has 1 N–H and O–H groups in total. The molecule has 2 rings (SSSR count). The second-order valence-electron chi connectivity index (χ2n) is 3.71. The lowest BCUT2D eigenvalue weighted by atomic mass is 10.0. The van der Waals surface area contributed by atoms with Gasteiger partial charge in [-0.05, 0) is 30.3 Å².